The number of benzene rings is 1. The molecule has 1 saturated heterocycles. The second-order valence-corrected chi connectivity index (χ2v) is 5.46. The summed E-state index contributed by atoms with van der Waals surface area (Å²) < 4.78 is 11.0. The predicted octanol–water partition coefficient (Wildman–Crippen LogP) is 2.02. The summed E-state index contributed by atoms with van der Waals surface area (Å²) in [5.41, 5.74) is 6.89. The zero-order valence-corrected chi connectivity index (χ0v) is 11.1. The first-order valence-corrected chi connectivity index (χ1v) is 6.56. The number of rotatable bonds is 2. The van der Waals surface area contributed by atoms with Crippen LogP contribution in [0.5, 0.6) is 11.5 Å². The van der Waals surface area contributed by atoms with Gasteiger partial charge in [-0.15, -0.1) is 0 Å². The van der Waals surface area contributed by atoms with Crippen LogP contribution >= 0.6 is 11.6 Å². The van der Waals surface area contributed by atoms with Crippen LogP contribution in [0, 0.1) is 5.92 Å². The summed E-state index contributed by atoms with van der Waals surface area (Å²) in [6.07, 6.45) is 1.04. The molecule has 0 aliphatic carbocycles. The maximum Gasteiger partial charge on any atom is 0.231 e. The number of fused-ring (bicyclic) bond motifs is 1. The highest BCUT2D eigenvalue weighted by Crippen LogP contribution is 2.45. The highest BCUT2D eigenvalue weighted by Gasteiger charge is 2.34. The van der Waals surface area contributed by atoms with E-state index in [4.69, 9.17) is 26.8 Å². The number of nitrogens with zero attached hydrogens (tertiary/aromatic N) is 1. The van der Waals surface area contributed by atoms with Gasteiger partial charge in [0.15, 0.2) is 11.5 Å². The van der Waals surface area contributed by atoms with Crippen LogP contribution in [-0.4, -0.2) is 31.8 Å². The number of nitrogens with two attached hydrogens (primary N) is 1. The molecule has 2 aliphatic rings. The summed E-state index contributed by atoms with van der Waals surface area (Å²) in [6, 6.07) is 4.10. The number of hydrogen-bond acceptors (Lipinski definition) is 4. The zero-order valence-electron chi connectivity index (χ0n) is 10.4. The monoisotopic (exact) mass is 268 g/mol. The Labute approximate surface area is 112 Å². The molecule has 5 heteroatoms. The van der Waals surface area contributed by atoms with Crippen molar-refractivity contribution in [1.82, 2.24) is 4.90 Å². The fraction of sp³-hybridized carbons (Fsp3) is 0.538. The molecular weight excluding hydrogens is 252 g/mol. The van der Waals surface area contributed by atoms with Gasteiger partial charge in [-0.2, -0.15) is 0 Å². The third-order valence-corrected chi connectivity index (χ3v) is 4.01. The van der Waals surface area contributed by atoms with Gasteiger partial charge in [0, 0.05) is 29.2 Å². The summed E-state index contributed by atoms with van der Waals surface area (Å²) in [4.78, 5) is 2.31. The van der Waals surface area contributed by atoms with Gasteiger partial charge >= 0.3 is 0 Å². The van der Waals surface area contributed by atoms with Crippen molar-refractivity contribution in [3.05, 3.63) is 22.7 Å². The van der Waals surface area contributed by atoms with Crippen LogP contribution in [0.2, 0.25) is 5.02 Å². The van der Waals surface area contributed by atoms with E-state index in [9.17, 15) is 0 Å². The van der Waals surface area contributed by atoms with Crippen molar-refractivity contribution in [1.29, 1.82) is 0 Å². The lowest BCUT2D eigenvalue weighted by Crippen LogP contribution is -2.20. The molecule has 2 aliphatic heterocycles. The molecule has 0 bridgehead atoms. The Balaban J connectivity index is 1.97. The van der Waals surface area contributed by atoms with E-state index in [1.165, 1.54) is 0 Å². The normalized spacial score (nSPS) is 26.8. The summed E-state index contributed by atoms with van der Waals surface area (Å²) >= 11 is 6.15. The lowest BCUT2D eigenvalue weighted by atomic mass is 9.99. The molecule has 1 aromatic carbocycles. The van der Waals surface area contributed by atoms with Gasteiger partial charge in [-0.3, -0.25) is 4.90 Å². The Hall–Kier alpha value is -0.970. The molecule has 98 valence electrons. The Morgan fingerprint density at radius 2 is 2.28 bits per heavy atom. The van der Waals surface area contributed by atoms with Crippen LogP contribution in [0.25, 0.3) is 0 Å². The third kappa shape index (κ3) is 1.94. The van der Waals surface area contributed by atoms with E-state index in [1.807, 2.05) is 12.1 Å². The van der Waals surface area contributed by atoms with Crippen molar-refractivity contribution >= 4 is 11.6 Å². The highest BCUT2D eigenvalue weighted by atomic mass is 35.5. The van der Waals surface area contributed by atoms with Gasteiger partial charge in [0.2, 0.25) is 6.79 Å². The summed E-state index contributed by atoms with van der Waals surface area (Å²) in [5.74, 6) is 2.13. The minimum atomic E-state index is 0.277. The van der Waals surface area contributed by atoms with Gasteiger partial charge in [-0.05, 0) is 32.0 Å². The van der Waals surface area contributed by atoms with Crippen LogP contribution < -0.4 is 15.2 Å². The van der Waals surface area contributed by atoms with Gasteiger partial charge in [-0.1, -0.05) is 11.6 Å². The van der Waals surface area contributed by atoms with Gasteiger partial charge < -0.3 is 15.2 Å². The Morgan fingerprint density at radius 1 is 1.44 bits per heavy atom. The molecule has 0 radical (unpaired) electrons. The molecule has 2 N–H and O–H groups in total. The van der Waals surface area contributed by atoms with Crippen LogP contribution in [0.4, 0.5) is 0 Å². The largest absolute Gasteiger partial charge is 0.454 e. The van der Waals surface area contributed by atoms with Crippen molar-refractivity contribution in [2.75, 3.05) is 26.9 Å². The standard InChI is InChI=1S/C13H17ClN2O2/c1-16-6-8(5-15)2-11(16)10-3-9(14)4-12-13(10)18-7-17-12/h3-4,8,11H,2,5-7,15H2,1H3. The van der Waals surface area contributed by atoms with Crippen LogP contribution in [0.3, 0.4) is 0 Å². The minimum absolute atomic E-state index is 0.277. The van der Waals surface area contributed by atoms with Crippen molar-refractivity contribution < 1.29 is 9.47 Å². The van der Waals surface area contributed by atoms with Gasteiger partial charge in [0.1, 0.15) is 0 Å². The zero-order chi connectivity index (χ0) is 12.7. The first kappa shape index (κ1) is 12.1. The summed E-state index contributed by atoms with van der Waals surface area (Å²) in [5, 5.41) is 0.693. The molecule has 4 nitrogen and oxygen atoms in total. The van der Waals surface area contributed by atoms with E-state index in [0.717, 1.165) is 36.6 Å². The predicted molar refractivity (Wildman–Crippen MR) is 70.1 cm³/mol. The van der Waals surface area contributed by atoms with E-state index in [2.05, 4.69) is 11.9 Å². The Kier molecular flexibility index (Phi) is 3.09. The molecular formula is C13H17ClN2O2. The third-order valence-electron chi connectivity index (χ3n) is 3.79. The minimum Gasteiger partial charge on any atom is -0.454 e. The van der Waals surface area contributed by atoms with E-state index >= 15 is 0 Å². The maximum absolute atomic E-state index is 6.15. The van der Waals surface area contributed by atoms with E-state index < -0.39 is 0 Å². The number of halogens is 1. The maximum atomic E-state index is 6.15. The van der Waals surface area contributed by atoms with Crippen molar-refractivity contribution in [3.8, 4) is 11.5 Å². The second-order valence-electron chi connectivity index (χ2n) is 5.02. The molecule has 1 aromatic rings. The van der Waals surface area contributed by atoms with Crippen LogP contribution in [-0.2, 0) is 0 Å². The molecule has 0 aromatic heterocycles. The van der Waals surface area contributed by atoms with Crippen molar-refractivity contribution in [3.63, 3.8) is 0 Å². The van der Waals surface area contributed by atoms with E-state index in [0.29, 0.717) is 17.0 Å². The number of ether oxygens (including phenoxy) is 2. The topological polar surface area (TPSA) is 47.7 Å². The molecule has 2 atom stereocenters. The first-order valence-electron chi connectivity index (χ1n) is 6.18. The van der Waals surface area contributed by atoms with Crippen LogP contribution in [0.1, 0.15) is 18.0 Å². The smallest absolute Gasteiger partial charge is 0.231 e. The molecule has 2 unspecified atom stereocenters. The molecule has 1 fully saturated rings. The first-order chi connectivity index (χ1) is 8.69. The fourth-order valence-electron chi connectivity index (χ4n) is 2.89. The quantitative estimate of drug-likeness (QED) is 0.892. The SMILES string of the molecule is CN1CC(CN)CC1c1cc(Cl)cc2c1OCO2. The van der Waals surface area contributed by atoms with Crippen molar-refractivity contribution in [2.24, 2.45) is 11.7 Å². The van der Waals surface area contributed by atoms with Gasteiger partial charge in [0.25, 0.3) is 0 Å². The van der Waals surface area contributed by atoms with E-state index in [1.54, 1.807) is 0 Å². The molecule has 2 heterocycles. The van der Waals surface area contributed by atoms with Gasteiger partial charge in [0.05, 0.1) is 0 Å². The Morgan fingerprint density at radius 3 is 3.00 bits per heavy atom. The molecule has 3 rings (SSSR count). The molecule has 0 spiro atoms. The molecule has 0 amide bonds. The summed E-state index contributed by atoms with van der Waals surface area (Å²) in [6.45, 7) is 2.02. The highest BCUT2D eigenvalue weighted by molar-refractivity contribution is 6.30. The average Bonchev–Trinajstić information content (AvgIpc) is 2.94. The number of likely N-dealkylation sites (tertiary alicyclic amines) is 1. The lowest BCUT2D eigenvalue weighted by molar-refractivity contribution is 0.171. The Bertz CT molecular complexity index is 467. The number of hydrogen-bond donors (Lipinski definition) is 1. The van der Waals surface area contributed by atoms with Crippen LogP contribution in [0.15, 0.2) is 12.1 Å². The average molecular weight is 269 g/mol. The summed E-state index contributed by atoms with van der Waals surface area (Å²) in [7, 11) is 2.11. The lowest BCUT2D eigenvalue weighted by Gasteiger charge is -2.21. The van der Waals surface area contributed by atoms with Gasteiger partial charge in [-0.25, -0.2) is 0 Å². The van der Waals surface area contributed by atoms with Crippen molar-refractivity contribution in [2.45, 2.75) is 12.5 Å². The molecule has 18 heavy (non-hydrogen) atoms. The molecule has 0 saturated carbocycles. The second kappa shape index (κ2) is 4.61. The van der Waals surface area contributed by atoms with E-state index in [-0.39, 0.29) is 6.79 Å². The fourth-order valence-corrected chi connectivity index (χ4v) is 3.11.